The van der Waals surface area contributed by atoms with Crippen molar-refractivity contribution < 1.29 is 37.3 Å². The molecule has 0 radical (unpaired) electrons. The van der Waals surface area contributed by atoms with E-state index in [1.165, 1.54) is 18.1 Å². The number of benzene rings is 2. The van der Waals surface area contributed by atoms with Gasteiger partial charge in [-0.1, -0.05) is 58.0 Å². The predicted octanol–water partition coefficient (Wildman–Crippen LogP) is 5.30. The van der Waals surface area contributed by atoms with Gasteiger partial charge in [-0.15, -0.1) is 0 Å². The van der Waals surface area contributed by atoms with Gasteiger partial charge in [0.15, 0.2) is 0 Å². The van der Waals surface area contributed by atoms with E-state index < -0.39 is 53.3 Å². The largest absolute Gasteiger partial charge is 0.496 e. The Morgan fingerprint density at radius 1 is 1.12 bits per heavy atom. The highest BCUT2D eigenvalue weighted by molar-refractivity contribution is 5.88. The minimum atomic E-state index is -4.54. The summed E-state index contributed by atoms with van der Waals surface area (Å²) in [6, 6.07) is 9.94. The number of carbonyl (C=O) groups excluding carboxylic acids is 1. The Hall–Kier alpha value is -3.11. The molecule has 2 aromatic carbocycles. The quantitative estimate of drug-likeness (QED) is 0.477. The van der Waals surface area contributed by atoms with Crippen molar-refractivity contribution >= 4 is 11.9 Å². The number of alkyl halides is 3. The third-order valence-electron chi connectivity index (χ3n) is 8.08. The molecule has 10 heteroatoms. The molecule has 2 aromatic rings. The number of ether oxygens (including phenoxy) is 2. The monoisotopic (exact) mass is 562 g/mol. The number of amides is 1. The molecule has 0 aliphatic carbocycles. The van der Waals surface area contributed by atoms with Crippen molar-refractivity contribution in [1.29, 1.82) is 0 Å². The summed E-state index contributed by atoms with van der Waals surface area (Å²) in [4.78, 5) is 28.4. The molecule has 2 saturated heterocycles. The van der Waals surface area contributed by atoms with Gasteiger partial charge in [-0.3, -0.25) is 4.79 Å². The highest BCUT2D eigenvalue weighted by atomic mass is 19.4. The molecule has 6 atom stereocenters. The van der Waals surface area contributed by atoms with Crippen LogP contribution in [0.25, 0.3) is 0 Å². The Morgan fingerprint density at radius 3 is 2.33 bits per heavy atom. The van der Waals surface area contributed by atoms with E-state index >= 15 is 0 Å². The second-order valence-corrected chi connectivity index (χ2v) is 11.8. The lowest BCUT2D eigenvalue weighted by molar-refractivity contribution is -0.157. The number of likely N-dealkylation sites (tertiary alicyclic amines) is 1. The minimum absolute atomic E-state index is 0.0294. The van der Waals surface area contributed by atoms with Crippen LogP contribution in [0, 0.1) is 17.3 Å². The SMILES string of the molecule is COc1ccc(C(F)(F)F)cc1CN[C@H]1[C@H](C(C)(C)C)[C@@H](C(=O)O)N(C(=O)[C@@H]2OCC[C@@H]2C)[C@H]1c1ccccc1. The Morgan fingerprint density at radius 2 is 1.80 bits per heavy atom. The van der Waals surface area contributed by atoms with Gasteiger partial charge in [0.05, 0.1) is 18.7 Å². The van der Waals surface area contributed by atoms with E-state index in [4.69, 9.17) is 9.47 Å². The fourth-order valence-electron chi connectivity index (χ4n) is 6.21. The van der Waals surface area contributed by atoms with E-state index in [9.17, 15) is 27.9 Å². The molecular weight excluding hydrogens is 525 g/mol. The lowest BCUT2D eigenvalue weighted by atomic mass is 9.72. The number of carbonyl (C=O) groups is 2. The number of aliphatic carboxylic acids is 1. The van der Waals surface area contributed by atoms with Crippen LogP contribution in [0.1, 0.15) is 56.8 Å². The molecule has 0 bridgehead atoms. The molecule has 2 aliphatic heterocycles. The molecule has 0 aromatic heterocycles. The number of halogens is 3. The first-order chi connectivity index (χ1) is 18.8. The van der Waals surface area contributed by atoms with Crippen molar-refractivity contribution in [3.8, 4) is 5.75 Å². The molecular formula is C30H37F3N2O5. The average molecular weight is 563 g/mol. The zero-order chi connectivity index (χ0) is 29.4. The van der Waals surface area contributed by atoms with Crippen molar-refractivity contribution in [3.05, 3.63) is 65.2 Å². The summed E-state index contributed by atoms with van der Waals surface area (Å²) in [5.41, 5.74) is -0.395. The van der Waals surface area contributed by atoms with Crippen LogP contribution in [0.3, 0.4) is 0 Å². The minimum Gasteiger partial charge on any atom is -0.496 e. The third kappa shape index (κ3) is 5.83. The van der Waals surface area contributed by atoms with Gasteiger partial charge in [-0.05, 0) is 41.5 Å². The van der Waals surface area contributed by atoms with Crippen molar-refractivity contribution in [2.75, 3.05) is 13.7 Å². The Labute approximate surface area is 232 Å². The van der Waals surface area contributed by atoms with Crippen LogP contribution in [0.5, 0.6) is 5.75 Å². The van der Waals surface area contributed by atoms with E-state index in [2.05, 4.69) is 5.32 Å². The first kappa shape index (κ1) is 29.9. The molecule has 0 unspecified atom stereocenters. The van der Waals surface area contributed by atoms with E-state index in [1.54, 1.807) is 0 Å². The summed E-state index contributed by atoms with van der Waals surface area (Å²) in [5, 5.41) is 13.9. The fourth-order valence-corrected chi connectivity index (χ4v) is 6.21. The maximum atomic E-state index is 14.1. The van der Waals surface area contributed by atoms with Crippen LogP contribution in [-0.4, -0.2) is 53.8 Å². The molecule has 2 N–H and O–H groups in total. The lowest BCUT2D eigenvalue weighted by Gasteiger charge is -2.35. The van der Waals surface area contributed by atoms with Crippen molar-refractivity contribution in [3.63, 3.8) is 0 Å². The van der Waals surface area contributed by atoms with Gasteiger partial charge in [0.25, 0.3) is 5.91 Å². The number of nitrogens with one attached hydrogen (secondary N) is 1. The number of hydrogen-bond donors (Lipinski definition) is 2. The van der Waals surface area contributed by atoms with Crippen molar-refractivity contribution in [2.24, 2.45) is 17.3 Å². The van der Waals surface area contributed by atoms with Gasteiger partial charge in [-0.25, -0.2) is 4.79 Å². The Bertz CT molecular complexity index is 1210. The van der Waals surface area contributed by atoms with Crippen LogP contribution in [-0.2, 0) is 27.0 Å². The lowest BCUT2D eigenvalue weighted by Crippen LogP contribution is -2.51. The van der Waals surface area contributed by atoms with Gasteiger partial charge >= 0.3 is 12.1 Å². The normalized spacial score (nSPS) is 27.1. The average Bonchev–Trinajstić information content (AvgIpc) is 3.48. The maximum Gasteiger partial charge on any atom is 0.416 e. The second-order valence-electron chi connectivity index (χ2n) is 11.8. The number of carboxylic acids is 1. The van der Waals surface area contributed by atoms with Gasteiger partial charge in [0.2, 0.25) is 0 Å². The van der Waals surface area contributed by atoms with Crippen molar-refractivity contribution in [2.45, 2.75) is 71.1 Å². The molecule has 218 valence electrons. The molecule has 0 spiro atoms. The van der Waals surface area contributed by atoms with Crippen LogP contribution in [0.2, 0.25) is 0 Å². The molecule has 40 heavy (non-hydrogen) atoms. The van der Waals surface area contributed by atoms with Crippen LogP contribution in [0.4, 0.5) is 13.2 Å². The van der Waals surface area contributed by atoms with Crippen LogP contribution < -0.4 is 10.1 Å². The Kier molecular flexibility index (Phi) is 8.52. The summed E-state index contributed by atoms with van der Waals surface area (Å²) in [5.74, 6) is -1.92. The molecule has 2 aliphatic rings. The summed E-state index contributed by atoms with van der Waals surface area (Å²) >= 11 is 0. The smallest absolute Gasteiger partial charge is 0.416 e. The molecule has 2 fully saturated rings. The molecule has 4 rings (SSSR count). The standard InChI is InChI=1S/C30H37F3N2O5/c1-17-13-14-40-26(17)27(36)35-24(18-9-7-6-8-10-18)23(22(29(2,3)4)25(35)28(37)38)34-16-19-15-20(30(31,32)33)11-12-21(19)39-5/h6-12,15,17,22-26,34H,13-14,16H2,1-5H3,(H,37,38)/t17-,22-,23-,24-,25-,26+/m0/s1. The van der Waals surface area contributed by atoms with Gasteiger partial charge in [-0.2, -0.15) is 13.2 Å². The van der Waals surface area contributed by atoms with Gasteiger partial charge in [0.1, 0.15) is 17.9 Å². The maximum absolute atomic E-state index is 14.1. The van der Waals surface area contributed by atoms with E-state index in [1.807, 2.05) is 58.0 Å². The number of methoxy groups -OCH3 is 1. The molecule has 2 heterocycles. The summed E-state index contributed by atoms with van der Waals surface area (Å²) in [6.07, 6.45) is -4.61. The van der Waals surface area contributed by atoms with Crippen molar-refractivity contribution in [1.82, 2.24) is 10.2 Å². The number of nitrogens with zero attached hydrogens (tertiary/aromatic N) is 1. The van der Waals surface area contributed by atoms with Crippen LogP contribution in [0.15, 0.2) is 48.5 Å². The number of carboxylic acid groups (broad SMARTS) is 1. The highest BCUT2D eigenvalue weighted by Crippen LogP contribution is 2.49. The zero-order valence-electron chi connectivity index (χ0n) is 23.4. The topological polar surface area (TPSA) is 88.1 Å². The predicted molar refractivity (Wildman–Crippen MR) is 143 cm³/mol. The number of hydrogen-bond acceptors (Lipinski definition) is 5. The summed E-state index contributed by atoms with van der Waals surface area (Å²) in [7, 11) is 1.38. The van der Waals surface area contributed by atoms with E-state index in [0.717, 1.165) is 17.7 Å². The molecule has 7 nitrogen and oxygen atoms in total. The van der Waals surface area contributed by atoms with Gasteiger partial charge < -0.3 is 24.8 Å². The molecule has 1 amide bonds. The molecule has 0 saturated carbocycles. The van der Waals surface area contributed by atoms with E-state index in [-0.39, 0.29) is 29.7 Å². The second kappa shape index (κ2) is 11.4. The first-order valence-corrected chi connectivity index (χ1v) is 13.4. The third-order valence-corrected chi connectivity index (χ3v) is 8.08. The van der Waals surface area contributed by atoms with Gasteiger partial charge in [0, 0.05) is 30.7 Å². The zero-order valence-corrected chi connectivity index (χ0v) is 23.4. The number of rotatable bonds is 7. The van der Waals surface area contributed by atoms with Crippen LogP contribution >= 0.6 is 0 Å². The summed E-state index contributed by atoms with van der Waals surface area (Å²) in [6.45, 7) is 8.04. The fraction of sp³-hybridized carbons (Fsp3) is 0.533. The summed E-state index contributed by atoms with van der Waals surface area (Å²) < 4.78 is 51.7. The Balaban J connectivity index is 1.82. The van der Waals surface area contributed by atoms with E-state index in [0.29, 0.717) is 13.0 Å². The highest BCUT2D eigenvalue weighted by Gasteiger charge is 2.59. The first-order valence-electron chi connectivity index (χ1n) is 13.4.